The van der Waals surface area contributed by atoms with E-state index in [1.807, 2.05) is 68.5 Å². The highest BCUT2D eigenvalue weighted by molar-refractivity contribution is 7.99. The van der Waals surface area contributed by atoms with Gasteiger partial charge in [-0.2, -0.15) is 0 Å². The number of hydrogen-bond acceptors (Lipinski definition) is 2. The number of fused-ring (bicyclic) bond motifs is 2. The summed E-state index contributed by atoms with van der Waals surface area (Å²) in [5, 5.41) is 2.92. The third-order valence-corrected chi connectivity index (χ3v) is 5.72. The molecule has 0 aromatic heterocycles. The van der Waals surface area contributed by atoms with Crippen LogP contribution < -0.4 is 5.32 Å². The number of carbonyl (C=O) groups excluding carboxylic acids is 1. The molecule has 1 N–H and O–H groups in total. The summed E-state index contributed by atoms with van der Waals surface area (Å²) in [4.78, 5) is 14.6. The molecule has 0 spiro atoms. The Balaban J connectivity index is 0.00000240. The molecule has 0 radical (unpaired) electrons. The van der Waals surface area contributed by atoms with E-state index in [-0.39, 0.29) is 19.2 Å². The van der Waals surface area contributed by atoms with Crippen molar-refractivity contribution in [2.75, 3.05) is 0 Å². The van der Waals surface area contributed by atoms with Crippen LogP contribution in [0.3, 0.4) is 0 Å². The molecule has 0 atom stereocenters. The molecule has 1 aliphatic heterocycles. The van der Waals surface area contributed by atoms with Crippen molar-refractivity contribution in [3.05, 3.63) is 94.8 Å². The molecule has 0 unspecified atom stereocenters. The van der Waals surface area contributed by atoms with E-state index in [1.54, 1.807) is 23.9 Å². The maximum absolute atomic E-state index is 14.6. The van der Waals surface area contributed by atoms with E-state index in [1.165, 1.54) is 6.07 Å². The fourth-order valence-electron chi connectivity index (χ4n) is 3.27. The van der Waals surface area contributed by atoms with Crippen LogP contribution in [0.4, 0.5) is 4.39 Å². The zero-order valence-corrected chi connectivity index (χ0v) is 16.5. The summed E-state index contributed by atoms with van der Waals surface area (Å²) >= 11 is 1.64. The number of hydrogen-bond donors (Lipinski definition) is 1. The second-order valence-corrected chi connectivity index (χ2v) is 8.10. The van der Waals surface area contributed by atoms with Crippen LogP contribution >= 0.6 is 11.8 Å². The van der Waals surface area contributed by atoms with Gasteiger partial charge in [-0.1, -0.05) is 48.2 Å². The largest absolute Gasteiger partial charge is 0.350 e. The maximum atomic E-state index is 14.6. The van der Waals surface area contributed by atoms with Crippen molar-refractivity contribution in [2.24, 2.45) is 0 Å². The summed E-state index contributed by atoms with van der Waals surface area (Å²) in [5.41, 5.74) is 3.88. The summed E-state index contributed by atoms with van der Waals surface area (Å²) in [5.74, 6) is -0.365. The third-order valence-electron chi connectivity index (χ3n) is 4.55. The van der Waals surface area contributed by atoms with E-state index < -0.39 is 0 Å². The van der Waals surface area contributed by atoms with Crippen LogP contribution in [0.15, 0.2) is 76.5 Å². The lowest BCUT2D eigenvalue weighted by Gasteiger charge is -2.11. The molecule has 0 saturated heterocycles. The van der Waals surface area contributed by atoms with Crippen LogP contribution in [-0.2, 0) is 0 Å². The molecule has 4 heteroatoms. The van der Waals surface area contributed by atoms with Crippen molar-refractivity contribution < 1.29 is 10.6 Å². The van der Waals surface area contributed by atoms with Crippen LogP contribution in [0.5, 0.6) is 0 Å². The minimum absolute atomic E-state index is 0. The second-order valence-electron chi connectivity index (χ2n) is 7.02. The van der Waals surface area contributed by atoms with Gasteiger partial charge in [-0.05, 0) is 67.0 Å². The van der Waals surface area contributed by atoms with Gasteiger partial charge in [-0.3, -0.25) is 4.79 Å². The number of carbonyl (C=O) groups is 1. The van der Waals surface area contributed by atoms with Crippen molar-refractivity contribution in [1.29, 1.82) is 0 Å². The fourth-order valence-corrected chi connectivity index (χ4v) is 4.32. The average Bonchev–Trinajstić information content (AvgIpc) is 2.84. The summed E-state index contributed by atoms with van der Waals surface area (Å²) < 4.78 is 14.6. The Morgan fingerprint density at radius 3 is 2.43 bits per heavy atom. The van der Waals surface area contributed by atoms with E-state index in [2.05, 4.69) is 5.32 Å². The van der Waals surface area contributed by atoms with Crippen LogP contribution in [0.25, 0.3) is 11.6 Å². The van der Waals surface area contributed by atoms with Gasteiger partial charge in [0.15, 0.2) is 0 Å². The first-order valence-electron chi connectivity index (χ1n) is 9.21. The first-order chi connectivity index (χ1) is 13.5. The molecule has 3 aromatic rings. The highest BCUT2D eigenvalue weighted by Crippen LogP contribution is 2.43. The molecular formula is C24H22FNOS. The monoisotopic (exact) mass is 391 g/mol. The second kappa shape index (κ2) is 7.64. The van der Waals surface area contributed by atoms with Crippen molar-refractivity contribution in [1.82, 2.24) is 5.32 Å². The van der Waals surface area contributed by atoms with Gasteiger partial charge < -0.3 is 5.32 Å². The topological polar surface area (TPSA) is 29.1 Å². The normalized spacial score (nSPS) is 12.6. The SMILES string of the molecule is CC(C)NC(=O)c1ccc2c(c1)C=C(c1ccccc1F)c1ccccc1S2.[HH]. The number of amides is 1. The first-order valence-corrected chi connectivity index (χ1v) is 10.0. The third kappa shape index (κ3) is 3.60. The standard InChI is InChI=1S/C24H20FNOS.H2/c1-15(2)26-24(27)16-11-12-22-17(13-16)14-20(18-7-3-5-9-21(18)25)19-8-4-6-10-23(19)28-22;/h3-15H,1-2H3,(H,26,27);1H. The van der Waals surface area contributed by atoms with Gasteiger partial charge in [0.05, 0.1) is 0 Å². The van der Waals surface area contributed by atoms with E-state index >= 15 is 0 Å². The Hall–Kier alpha value is -2.85. The minimum Gasteiger partial charge on any atom is -0.350 e. The van der Waals surface area contributed by atoms with E-state index in [9.17, 15) is 9.18 Å². The molecule has 1 heterocycles. The summed E-state index contributed by atoms with van der Waals surface area (Å²) in [6.45, 7) is 3.87. The smallest absolute Gasteiger partial charge is 0.251 e. The molecule has 1 amide bonds. The van der Waals surface area contributed by atoms with Crippen LogP contribution in [-0.4, -0.2) is 11.9 Å². The molecular weight excluding hydrogens is 369 g/mol. The van der Waals surface area contributed by atoms with Gasteiger partial charge in [0.1, 0.15) is 5.82 Å². The molecule has 142 valence electrons. The Kier molecular flexibility index (Phi) is 5.05. The van der Waals surface area contributed by atoms with Crippen LogP contribution in [0.2, 0.25) is 0 Å². The molecule has 1 aliphatic rings. The summed E-state index contributed by atoms with van der Waals surface area (Å²) in [7, 11) is 0. The van der Waals surface area contributed by atoms with Crippen molar-refractivity contribution in [2.45, 2.75) is 29.7 Å². The van der Waals surface area contributed by atoms with Gasteiger partial charge in [0.25, 0.3) is 5.91 Å². The predicted molar refractivity (Wildman–Crippen MR) is 115 cm³/mol. The van der Waals surface area contributed by atoms with Gasteiger partial charge >= 0.3 is 0 Å². The molecule has 4 rings (SSSR count). The number of rotatable bonds is 3. The van der Waals surface area contributed by atoms with Crippen LogP contribution in [0, 0.1) is 5.82 Å². The summed E-state index contributed by atoms with van der Waals surface area (Å²) in [6.07, 6.45) is 1.98. The van der Waals surface area contributed by atoms with Gasteiger partial charge in [0, 0.05) is 28.4 Å². The minimum atomic E-state index is -0.259. The lowest BCUT2D eigenvalue weighted by atomic mass is 9.95. The molecule has 0 saturated carbocycles. The molecule has 0 bridgehead atoms. The highest BCUT2D eigenvalue weighted by Gasteiger charge is 2.20. The molecule has 2 nitrogen and oxygen atoms in total. The van der Waals surface area contributed by atoms with E-state index in [0.29, 0.717) is 11.1 Å². The first kappa shape index (κ1) is 18.5. The average molecular weight is 392 g/mol. The Labute approximate surface area is 170 Å². The van der Waals surface area contributed by atoms with Gasteiger partial charge in [-0.15, -0.1) is 0 Å². The van der Waals surface area contributed by atoms with Gasteiger partial charge in [-0.25, -0.2) is 4.39 Å². The quantitative estimate of drug-likeness (QED) is 0.446. The summed E-state index contributed by atoms with van der Waals surface area (Å²) in [6, 6.07) is 20.6. The van der Waals surface area contributed by atoms with E-state index in [4.69, 9.17) is 0 Å². The molecule has 0 aliphatic carbocycles. The number of nitrogens with one attached hydrogen (secondary N) is 1. The Bertz CT molecular complexity index is 1090. The van der Waals surface area contributed by atoms with Crippen molar-refractivity contribution in [3.8, 4) is 0 Å². The molecule has 3 aromatic carbocycles. The zero-order valence-electron chi connectivity index (χ0n) is 15.7. The predicted octanol–water partition coefficient (Wildman–Crippen LogP) is 6.26. The zero-order chi connectivity index (χ0) is 19.7. The fraction of sp³-hybridized carbons (Fsp3) is 0.125. The number of halogens is 1. The molecule has 0 fully saturated rings. The van der Waals surface area contributed by atoms with E-state index in [0.717, 1.165) is 26.5 Å². The van der Waals surface area contributed by atoms with Crippen molar-refractivity contribution in [3.63, 3.8) is 0 Å². The Morgan fingerprint density at radius 1 is 0.964 bits per heavy atom. The maximum Gasteiger partial charge on any atom is 0.251 e. The van der Waals surface area contributed by atoms with Gasteiger partial charge in [0.2, 0.25) is 0 Å². The molecule has 28 heavy (non-hydrogen) atoms. The lowest BCUT2D eigenvalue weighted by Crippen LogP contribution is -2.30. The Morgan fingerprint density at radius 2 is 1.68 bits per heavy atom. The lowest BCUT2D eigenvalue weighted by molar-refractivity contribution is 0.0943. The highest BCUT2D eigenvalue weighted by atomic mass is 32.2. The van der Waals surface area contributed by atoms with Crippen LogP contribution in [0.1, 0.15) is 42.3 Å². The number of benzene rings is 3. The van der Waals surface area contributed by atoms with Crippen molar-refractivity contribution >= 4 is 29.3 Å².